The van der Waals surface area contributed by atoms with Crippen molar-refractivity contribution in [2.24, 2.45) is 0 Å². The van der Waals surface area contributed by atoms with Gasteiger partial charge in [-0.15, -0.1) is 0 Å². The number of halogens is 1. The molecule has 0 amide bonds. The maximum absolute atomic E-state index is 12.5. The molecule has 0 atom stereocenters. The second kappa shape index (κ2) is 6.88. The van der Waals surface area contributed by atoms with Crippen molar-refractivity contribution in [3.05, 3.63) is 71.8 Å². The molecule has 0 saturated carbocycles. The van der Waals surface area contributed by atoms with Crippen LogP contribution in [0.2, 0.25) is 5.02 Å². The largest absolute Gasteiger partial charge is 0.229 e. The Morgan fingerprint density at radius 3 is 2.25 bits per heavy atom. The van der Waals surface area contributed by atoms with Crippen molar-refractivity contribution in [2.45, 2.75) is 11.9 Å². The fourth-order valence-electron chi connectivity index (χ4n) is 2.91. The Bertz CT molecular complexity index is 1230. The van der Waals surface area contributed by atoms with Crippen molar-refractivity contribution in [1.29, 1.82) is 0 Å². The van der Waals surface area contributed by atoms with Gasteiger partial charge in [-0.2, -0.15) is 10.2 Å². The topological polar surface area (TPSA) is 82.7 Å². The number of rotatable bonds is 4. The van der Waals surface area contributed by atoms with Crippen LogP contribution in [0.5, 0.6) is 0 Å². The normalized spacial score (nSPS) is 11.7. The summed E-state index contributed by atoms with van der Waals surface area (Å²) in [4.78, 5) is 3.97. The molecular formula is C19H16ClN5O2S. The van der Waals surface area contributed by atoms with Crippen molar-refractivity contribution in [3.8, 4) is 22.6 Å². The van der Waals surface area contributed by atoms with Crippen LogP contribution in [0.25, 0.3) is 22.6 Å². The van der Waals surface area contributed by atoms with Crippen LogP contribution >= 0.6 is 11.6 Å². The lowest BCUT2D eigenvalue weighted by molar-refractivity contribution is 0.595. The SMILES string of the molecule is Cc1ccc(-c2c(-n3cncn3)c(S(C)(=O)=O)nn2-c2ccc(Cl)cc2)cc1. The van der Waals surface area contributed by atoms with Crippen LogP contribution in [-0.4, -0.2) is 39.2 Å². The maximum Gasteiger partial charge on any atom is 0.203 e. The van der Waals surface area contributed by atoms with E-state index in [2.05, 4.69) is 15.2 Å². The second-order valence-electron chi connectivity index (χ2n) is 6.37. The summed E-state index contributed by atoms with van der Waals surface area (Å²) < 4.78 is 28.1. The molecule has 0 bridgehead atoms. The first-order valence-electron chi connectivity index (χ1n) is 8.35. The van der Waals surface area contributed by atoms with Crippen molar-refractivity contribution in [1.82, 2.24) is 24.5 Å². The van der Waals surface area contributed by atoms with Crippen LogP contribution in [-0.2, 0) is 9.84 Å². The van der Waals surface area contributed by atoms with Gasteiger partial charge in [0, 0.05) is 16.8 Å². The van der Waals surface area contributed by atoms with Crippen LogP contribution in [0.4, 0.5) is 0 Å². The summed E-state index contributed by atoms with van der Waals surface area (Å²) in [5, 5.41) is 9.08. The van der Waals surface area contributed by atoms with Crippen LogP contribution in [0.15, 0.2) is 66.2 Å². The van der Waals surface area contributed by atoms with Crippen LogP contribution < -0.4 is 0 Å². The summed E-state index contributed by atoms with van der Waals surface area (Å²) in [6.07, 6.45) is 3.93. The molecule has 0 aliphatic carbocycles. The number of aromatic nitrogens is 5. The first-order valence-corrected chi connectivity index (χ1v) is 10.6. The molecule has 4 rings (SSSR count). The number of nitrogens with zero attached hydrogens (tertiary/aromatic N) is 5. The van der Waals surface area contributed by atoms with E-state index in [4.69, 9.17) is 11.6 Å². The lowest BCUT2D eigenvalue weighted by Gasteiger charge is -2.10. The van der Waals surface area contributed by atoms with Crippen molar-refractivity contribution in [2.75, 3.05) is 6.26 Å². The molecule has 0 N–H and O–H groups in total. The molecule has 4 aromatic rings. The van der Waals surface area contributed by atoms with E-state index >= 15 is 0 Å². The quantitative estimate of drug-likeness (QED) is 0.511. The summed E-state index contributed by atoms with van der Waals surface area (Å²) in [5.74, 6) is 0. The van der Waals surface area contributed by atoms with Gasteiger partial charge in [-0.05, 0) is 31.2 Å². The smallest absolute Gasteiger partial charge is 0.203 e. The fourth-order valence-corrected chi connectivity index (χ4v) is 3.81. The van der Waals surface area contributed by atoms with Gasteiger partial charge in [-0.25, -0.2) is 22.8 Å². The third-order valence-corrected chi connectivity index (χ3v) is 5.45. The molecule has 142 valence electrons. The molecular weight excluding hydrogens is 398 g/mol. The Kier molecular flexibility index (Phi) is 4.52. The summed E-state index contributed by atoms with van der Waals surface area (Å²) in [6, 6.07) is 14.8. The number of hydrogen-bond acceptors (Lipinski definition) is 5. The van der Waals surface area contributed by atoms with E-state index in [0.717, 1.165) is 17.4 Å². The highest BCUT2D eigenvalue weighted by Crippen LogP contribution is 2.34. The zero-order valence-corrected chi connectivity index (χ0v) is 16.7. The zero-order chi connectivity index (χ0) is 19.9. The second-order valence-corrected chi connectivity index (χ2v) is 8.74. The monoisotopic (exact) mass is 413 g/mol. The average molecular weight is 414 g/mol. The first kappa shape index (κ1) is 18.4. The van der Waals surface area contributed by atoms with Gasteiger partial charge < -0.3 is 0 Å². The summed E-state index contributed by atoms with van der Waals surface area (Å²) >= 11 is 6.02. The molecule has 0 radical (unpaired) electrons. The minimum atomic E-state index is -3.64. The minimum absolute atomic E-state index is 0.0801. The molecule has 9 heteroatoms. The van der Waals surface area contributed by atoms with Gasteiger partial charge in [0.2, 0.25) is 5.03 Å². The summed E-state index contributed by atoms with van der Waals surface area (Å²) in [7, 11) is -3.64. The Balaban J connectivity index is 2.11. The van der Waals surface area contributed by atoms with E-state index in [1.54, 1.807) is 28.9 Å². The summed E-state index contributed by atoms with van der Waals surface area (Å²) in [5.41, 5.74) is 3.50. The van der Waals surface area contributed by atoms with E-state index in [-0.39, 0.29) is 5.03 Å². The lowest BCUT2D eigenvalue weighted by atomic mass is 10.1. The van der Waals surface area contributed by atoms with E-state index in [0.29, 0.717) is 22.1 Å². The molecule has 0 saturated heterocycles. The van der Waals surface area contributed by atoms with E-state index in [1.165, 1.54) is 17.3 Å². The molecule has 7 nitrogen and oxygen atoms in total. The van der Waals surface area contributed by atoms with Crippen molar-refractivity contribution >= 4 is 21.4 Å². The average Bonchev–Trinajstić information content (AvgIpc) is 3.30. The molecule has 2 heterocycles. The van der Waals surface area contributed by atoms with Gasteiger partial charge in [0.25, 0.3) is 0 Å². The van der Waals surface area contributed by atoms with Gasteiger partial charge in [0.15, 0.2) is 9.84 Å². The van der Waals surface area contributed by atoms with Crippen LogP contribution in [0, 0.1) is 6.92 Å². The third kappa shape index (κ3) is 3.32. The third-order valence-electron chi connectivity index (χ3n) is 4.22. The standard InChI is InChI=1S/C19H16ClN5O2S/c1-13-3-5-14(6-4-13)17-18(24-12-21-11-22-24)19(28(2,26)27)23-25(17)16-9-7-15(20)8-10-16/h3-12H,1-2H3. The Hall–Kier alpha value is -2.97. The van der Waals surface area contributed by atoms with E-state index < -0.39 is 9.84 Å². The Labute approximate surface area is 167 Å². The van der Waals surface area contributed by atoms with Crippen LogP contribution in [0.3, 0.4) is 0 Å². The van der Waals surface area contributed by atoms with Crippen LogP contribution in [0.1, 0.15) is 5.56 Å². The molecule has 0 aliphatic heterocycles. The van der Waals surface area contributed by atoms with Gasteiger partial charge in [-0.1, -0.05) is 41.4 Å². The molecule has 0 unspecified atom stereocenters. The van der Waals surface area contributed by atoms with E-state index in [9.17, 15) is 8.42 Å². The zero-order valence-electron chi connectivity index (χ0n) is 15.1. The number of sulfone groups is 1. The van der Waals surface area contributed by atoms with Gasteiger partial charge in [-0.3, -0.25) is 0 Å². The predicted molar refractivity (Wildman–Crippen MR) is 107 cm³/mol. The number of aryl methyl sites for hydroxylation is 1. The van der Waals surface area contributed by atoms with Crippen molar-refractivity contribution in [3.63, 3.8) is 0 Å². The predicted octanol–water partition coefficient (Wildman–Crippen LogP) is 3.49. The first-order chi connectivity index (χ1) is 13.3. The Morgan fingerprint density at radius 1 is 1.00 bits per heavy atom. The highest BCUT2D eigenvalue weighted by molar-refractivity contribution is 7.90. The maximum atomic E-state index is 12.5. The molecule has 2 aromatic carbocycles. The van der Waals surface area contributed by atoms with Gasteiger partial charge in [0.1, 0.15) is 24.0 Å². The minimum Gasteiger partial charge on any atom is -0.229 e. The van der Waals surface area contributed by atoms with Gasteiger partial charge >= 0.3 is 0 Å². The summed E-state index contributed by atoms with van der Waals surface area (Å²) in [6.45, 7) is 1.99. The molecule has 0 fully saturated rings. The molecule has 0 spiro atoms. The number of hydrogen-bond donors (Lipinski definition) is 0. The highest BCUT2D eigenvalue weighted by Gasteiger charge is 2.28. The Morgan fingerprint density at radius 2 is 1.68 bits per heavy atom. The fraction of sp³-hybridized carbons (Fsp3) is 0.105. The molecule has 0 aliphatic rings. The molecule has 28 heavy (non-hydrogen) atoms. The highest BCUT2D eigenvalue weighted by atomic mass is 35.5. The van der Waals surface area contributed by atoms with Crippen molar-refractivity contribution < 1.29 is 8.42 Å². The number of benzene rings is 2. The lowest BCUT2D eigenvalue weighted by Crippen LogP contribution is -2.05. The van der Waals surface area contributed by atoms with E-state index in [1.807, 2.05) is 31.2 Å². The molecule has 2 aromatic heterocycles. The van der Waals surface area contributed by atoms with Gasteiger partial charge in [0.05, 0.1) is 5.69 Å².